The molecule has 3 aromatic rings. The van der Waals surface area contributed by atoms with E-state index in [9.17, 15) is 18.0 Å². The fourth-order valence-corrected chi connectivity index (χ4v) is 6.11. The molecule has 208 valence electrons. The van der Waals surface area contributed by atoms with E-state index in [0.29, 0.717) is 32.3 Å². The van der Waals surface area contributed by atoms with Crippen LogP contribution in [0.5, 0.6) is 0 Å². The van der Waals surface area contributed by atoms with Crippen LogP contribution in [0.2, 0.25) is 10.0 Å². The van der Waals surface area contributed by atoms with Crippen molar-refractivity contribution < 1.29 is 18.0 Å². The van der Waals surface area contributed by atoms with Gasteiger partial charge in [0.2, 0.25) is 11.8 Å². The van der Waals surface area contributed by atoms with Gasteiger partial charge in [-0.15, -0.1) is 0 Å². The minimum Gasteiger partial charge on any atom is -0.354 e. The quantitative estimate of drug-likeness (QED) is 0.233. The lowest BCUT2D eigenvalue weighted by atomic mass is 10.1. The van der Waals surface area contributed by atoms with Gasteiger partial charge in [0.1, 0.15) is 12.6 Å². The molecule has 3 rings (SSSR count). The van der Waals surface area contributed by atoms with Gasteiger partial charge in [-0.2, -0.15) is 0 Å². The minimum absolute atomic E-state index is 0.0189. The van der Waals surface area contributed by atoms with Crippen molar-refractivity contribution in [2.45, 2.75) is 44.2 Å². The Morgan fingerprint density at radius 2 is 1.72 bits per heavy atom. The van der Waals surface area contributed by atoms with E-state index in [1.165, 1.54) is 17.0 Å². The Morgan fingerprint density at radius 3 is 2.36 bits per heavy atom. The predicted molar refractivity (Wildman–Crippen MR) is 160 cm³/mol. The van der Waals surface area contributed by atoms with Crippen molar-refractivity contribution in [1.82, 2.24) is 10.2 Å². The Labute approximate surface area is 248 Å². The van der Waals surface area contributed by atoms with E-state index in [-0.39, 0.29) is 17.3 Å². The molecule has 39 heavy (non-hydrogen) atoms. The van der Waals surface area contributed by atoms with Crippen molar-refractivity contribution in [3.8, 4) is 0 Å². The first kappa shape index (κ1) is 30.9. The van der Waals surface area contributed by atoms with E-state index in [1.807, 2.05) is 6.92 Å². The van der Waals surface area contributed by atoms with Gasteiger partial charge in [0.05, 0.1) is 10.6 Å². The number of benzene rings is 3. The molecule has 0 saturated heterocycles. The van der Waals surface area contributed by atoms with Crippen molar-refractivity contribution in [2.75, 3.05) is 17.4 Å². The number of anilines is 1. The smallest absolute Gasteiger partial charge is 0.264 e. The van der Waals surface area contributed by atoms with Gasteiger partial charge in [0.15, 0.2) is 0 Å². The molecule has 1 atom stereocenters. The molecule has 2 amide bonds. The van der Waals surface area contributed by atoms with Gasteiger partial charge in [-0.3, -0.25) is 13.9 Å². The van der Waals surface area contributed by atoms with Crippen LogP contribution in [0.25, 0.3) is 0 Å². The minimum atomic E-state index is -4.13. The zero-order valence-electron chi connectivity index (χ0n) is 21.6. The summed E-state index contributed by atoms with van der Waals surface area (Å²) in [6.45, 7) is 3.53. The average Bonchev–Trinajstić information content (AvgIpc) is 2.91. The van der Waals surface area contributed by atoms with E-state index < -0.39 is 28.5 Å². The van der Waals surface area contributed by atoms with E-state index in [2.05, 4.69) is 21.2 Å². The Kier molecular flexibility index (Phi) is 11.2. The number of nitrogens with one attached hydrogen (secondary N) is 1. The fourth-order valence-electron chi connectivity index (χ4n) is 3.83. The highest BCUT2D eigenvalue weighted by Crippen LogP contribution is 2.28. The lowest BCUT2D eigenvalue weighted by Gasteiger charge is -2.32. The van der Waals surface area contributed by atoms with Gasteiger partial charge in [0, 0.05) is 27.6 Å². The standard InChI is InChI=1S/C28H30BrCl2N3O4S/c1-3-4-15-32-28(36)20(2)33(18-21-13-14-23(30)17-26(21)31)27(35)19-34(24-10-8-9-22(29)16-24)39(37,38)25-11-6-5-7-12-25/h5-14,16-17,20H,3-4,15,18-19H2,1-2H3,(H,32,36)/t20-/m0/s1. The van der Waals surface area contributed by atoms with Gasteiger partial charge in [-0.25, -0.2) is 8.42 Å². The van der Waals surface area contributed by atoms with Gasteiger partial charge in [0.25, 0.3) is 10.0 Å². The lowest BCUT2D eigenvalue weighted by molar-refractivity contribution is -0.139. The Hall–Kier alpha value is -2.59. The number of hydrogen-bond donors (Lipinski definition) is 1. The zero-order chi connectivity index (χ0) is 28.6. The van der Waals surface area contributed by atoms with Crippen molar-refractivity contribution in [3.05, 3.63) is 92.9 Å². The molecule has 0 radical (unpaired) electrons. The molecule has 0 bridgehead atoms. The maximum atomic E-state index is 13.9. The third-order valence-corrected chi connectivity index (χ3v) is 8.93. The maximum absolute atomic E-state index is 13.9. The van der Waals surface area contributed by atoms with E-state index in [0.717, 1.165) is 17.1 Å². The summed E-state index contributed by atoms with van der Waals surface area (Å²) in [5.41, 5.74) is 0.869. The third kappa shape index (κ3) is 8.20. The van der Waals surface area contributed by atoms with Crippen molar-refractivity contribution in [2.24, 2.45) is 0 Å². The largest absolute Gasteiger partial charge is 0.354 e. The van der Waals surface area contributed by atoms with Crippen LogP contribution in [0.3, 0.4) is 0 Å². The second-order valence-electron chi connectivity index (χ2n) is 8.88. The molecule has 0 aliphatic rings. The summed E-state index contributed by atoms with van der Waals surface area (Å²) in [5.74, 6) is -0.916. The number of nitrogens with zero attached hydrogens (tertiary/aromatic N) is 2. The predicted octanol–water partition coefficient (Wildman–Crippen LogP) is 6.28. The molecular formula is C28H30BrCl2N3O4S. The summed E-state index contributed by atoms with van der Waals surface area (Å²) >= 11 is 15.8. The summed E-state index contributed by atoms with van der Waals surface area (Å²) in [5, 5.41) is 3.62. The number of carbonyl (C=O) groups is 2. The second kappa shape index (κ2) is 14.2. The summed E-state index contributed by atoms with van der Waals surface area (Å²) in [7, 11) is -4.13. The second-order valence-corrected chi connectivity index (χ2v) is 12.5. The van der Waals surface area contributed by atoms with Gasteiger partial charge in [-0.05, 0) is 61.4 Å². The van der Waals surface area contributed by atoms with E-state index in [4.69, 9.17) is 23.2 Å². The van der Waals surface area contributed by atoms with Crippen LogP contribution in [0.1, 0.15) is 32.3 Å². The molecule has 0 spiro atoms. The molecule has 3 aromatic carbocycles. The van der Waals surface area contributed by atoms with Crippen LogP contribution in [0.4, 0.5) is 5.69 Å². The zero-order valence-corrected chi connectivity index (χ0v) is 25.5. The monoisotopic (exact) mass is 653 g/mol. The molecule has 0 aliphatic carbocycles. The SMILES string of the molecule is CCCCNC(=O)[C@H](C)N(Cc1ccc(Cl)cc1Cl)C(=O)CN(c1cccc(Br)c1)S(=O)(=O)c1ccccc1. The van der Waals surface area contributed by atoms with Crippen LogP contribution < -0.4 is 9.62 Å². The Balaban J connectivity index is 2.01. The molecule has 0 fully saturated rings. The summed E-state index contributed by atoms with van der Waals surface area (Å²) in [4.78, 5) is 28.3. The van der Waals surface area contributed by atoms with Crippen molar-refractivity contribution >= 4 is 66.7 Å². The highest BCUT2D eigenvalue weighted by molar-refractivity contribution is 9.10. The van der Waals surface area contributed by atoms with Crippen LogP contribution in [0.15, 0.2) is 82.2 Å². The molecular weight excluding hydrogens is 625 g/mol. The molecule has 0 aliphatic heterocycles. The number of carbonyl (C=O) groups excluding carboxylic acids is 2. The molecule has 0 saturated carbocycles. The van der Waals surface area contributed by atoms with Gasteiger partial charge < -0.3 is 10.2 Å². The average molecular weight is 655 g/mol. The van der Waals surface area contributed by atoms with Crippen LogP contribution in [-0.4, -0.2) is 44.3 Å². The molecule has 11 heteroatoms. The molecule has 0 unspecified atom stereocenters. The van der Waals surface area contributed by atoms with E-state index in [1.54, 1.807) is 67.6 Å². The van der Waals surface area contributed by atoms with Crippen LogP contribution in [-0.2, 0) is 26.2 Å². The van der Waals surface area contributed by atoms with Gasteiger partial charge >= 0.3 is 0 Å². The molecule has 0 aromatic heterocycles. The maximum Gasteiger partial charge on any atom is 0.264 e. The first-order valence-electron chi connectivity index (χ1n) is 12.4. The molecule has 0 heterocycles. The first-order valence-corrected chi connectivity index (χ1v) is 15.4. The third-order valence-electron chi connectivity index (χ3n) is 6.06. The number of sulfonamides is 1. The van der Waals surface area contributed by atoms with Crippen LogP contribution in [0, 0.1) is 0 Å². The highest BCUT2D eigenvalue weighted by Gasteiger charge is 2.32. The number of halogens is 3. The van der Waals surface area contributed by atoms with Crippen molar-refractivity contribution in [1.29, 1.82) is 0 Å². The number of unbranched alkanes of at least 4 members (excludes halogenated alkanes) is 1. The lowest BCUT2D eigenvalue weighted by Crippen LogP contribution is -2.51. The van der Waals surface area contributed by atoms with Crippen molar-refractivity contribution in [3.63, 3.8) is 0 Å². The summed E-state index contributed by atoms with van der Waals surface area (Å²) in [6.07, 6.45) is 1.69. The number of rotatable bonds is 12. The molecule has 7 nitrogen and oxygen atoms in total. The topological polar surface area (TPSA) is 86.8 Å². The van der Waals surface area contributed by atoms with E-state index >= 15 is 0 Å². The Morgan fingerprint density at radius 1 is 1.00 bits per heavy atom. The normalized spacial score (nSPS) is 12.0. The summed E-state index contributed by atoms with van der Waals surface area (Å²) in [6, 6.07) is 18.5. The first-order chi connectivity index (χ1) is 18.5. The summed E-state index contributed by atoms with van der Waals surface area (Å²) < 4.78 is 29.2. The number of hydrogen-bond acceptors (Lipinski definition) is 4. The number of amides is 2. The van der Waals surface area contributed by atoms with Gasteiger partial charge in [-0.1, -0.05) is 82.8 Å². The van der Waals surface area contributed by atoms with Crippen LogP contribution >= 0.6 is 39.1 Å². The Bertz CT molecular complexity index is 1410. The molecule has 1 N–H and O–H groups in total. The highest BCUT2D eigenvalue weighted by atomic mass is 79.9. The fraction of sp³-hybridized carbons (Fsp3) is 0.286.